The fourth-order valence-electron chi connectivity index (χ4n) is 2.15. The van der Waals surface area contributed by atoms with E-state index in [0.717, 1.165) is 25.9 Å². The summed E-state index contributed by atoms with van der Waals surface area (Å²) in [7, 11) is 3.26. The zero-order valence-corrected chi connectivity index (χ0v) is 13.9. The summed E-state index contributed by atoms with van der Waals surface area (Å²) in [6.45, 7) is 1.97. The number of nitrogens with zero attached hydrogens (tertiary/aromatic N) is 1. The molecule has 0 aliphatic carbocycles. The molecule has 0 aliphatic heterocycles. The number of hydrogen-bond acceptors (Lipinski definition) is 3. The van der Waals surface area contributed by atoms with Crippen molar-refractivity contribution in [1.29, 1.82) is 0 Å². The van der Waals surface area contributed by atoms with E-state index in [-0.39, 0.29) is 5.97 Å². The molecule has 0 saturated heterocycles. The van der Waals surface area contributed by atoms with Gasteiger partial charge in [0.15, 0.2) is 0 Å². The third-order valence-electron chi connectivity index (χ3n) is 3.19. The van der Waals surface area contributed by atoms with Gasteiger partial charge in [0.25, 0.3) is 0 Å². The summed E-state index contributed by atoms with van der Waals surface area (Å²) >= 11 is 8.82. The Bertz CT molecular complexity index is 718. The van der Waals surface area contributed by atoms with E-state index >= 15 is 0 Å². The molecule has 1 aromatic carbocycles. The van der Waals surface area contributed by atoms with Crippen LogP contribution >= 0.6 is 28.1 Å². The Morgan fingerprint density at radius 3 is 2.75 bits per heavy atom. The molecule has 2 rings (SSSR count). The van der Waals surface area contributed by atoms with Gasteiger partial charge in [-0.2, -0.15) is 0 Å². The van der Waals surface area contributed by atoms with Gasteiger partial charge in [-0.05, 0) is 30.7 Å². The number of ether oxygens (including phenoxy) is 1. The van der Waals surface area contributed by atoms with Crippen molar-refractivity contribution in [3.63, 3.8) is 0 Å². The molecule has 0 bridgehead atoms. The number of aryl methyl sites for hydroxylation is 2. The summed E-state index contributed by atoms with van der Waals surface area (Å²) in [5, 5.41) is 3.16. The van der Waals surface area contributed by atoms with Gasteiger partial charge < -0.3 is 9.84 Å². The van der Waals surface area contributed by atoms with Crippen LogP contribution in [0.3, 0.4) is 0 Å². The van der Waals surface area contributed by atoms with Crippen LogP contribution in [-0.2, 0) is 18.2 Å². The molecule has 1 N–H and O–H groups in total. The summed E-state index contributed by atoms with van der Waals surface area (Å²) in [5.41, 5.74) is 3.48. The van der Waals surface area contributed by atoms with E-state index in [1.54, 1.807) is 10.7 Å². The van der Waals surface area contributed by atoms with E-state index in [1.807, 2.05) is 26.1 Å². The summed E-state index contributed by atoms with van der Waals surface area (Å²) in [6, 6.07) is 5.51. The average Bonchev–Trinajstić information content (AvgIpc) is 2.65. The monoisotopic (exact) mass is 354 g/mol. The van der Waals surface area contributed by atoms with Crippen molar-refractivity contribution in [1.82, 2.24) is 9.78 Å². The first-order valence-corrected chi connectivity index (χ1v) is 7.25. The van der Waals surface area contributed by atoms with E-state index in [9.17, 15) is 4.79 Å². The molecule has 0 unspecified atom stereocenters. The summed E-state index contributed by atoms with van der Waals surface area (Å²) < 4.78 is 8.30. The largest absolute Gasteiger partial charge is 0.465 e. The van der Waals surface area contributed by atoms with Crippen molar-refractivity contribution in [2.45, 2.75) is 13.3 Å². The highest BCUT2D eigenvalue weighted by molar-refractivity contribution is 9.10. The predicted octanol–water partition coefficient (Wildman–Crippen LogP) is 3.53. The Morgan fingerprint density at radius 1 is 1.50 bits per heavy atom. The van der Waals surface area contributed by atoms with E-state index in [1.165, 1.54) is 7.11 Å². The van der Waals surface area contributed by atoms with E-state index < -0.39 is 0 Å². The highest BCUT2D eigenvalue weighted by atomic mass is 79.9. The quantitative estimate of drug-likeness (QED) is 0.677. The van der Waals surface area contributed by atoms with Crippen LogP contribution in [0, 0.1) is 11.6 Å². The van der Waals surface area contributed by atoms with Crippen LogP contribution in [0.4, 0.5) is 0 Å². The number of hydrogen-bond donors (Lipinski definition) is 1. The first-order chi connectivity index (χ1) is 9.43. The van der Waals surface area contributed by atoms with Gasteiger partial charge >= 0.3 is 5.97 Å². The van der Waals surface area contributed by atoms with Gasteiger partial charge in [-0.25, -0.2) is 4.79 Å². The van der Waals surface area contributed by atoms with Crippen LogP contribution < -0.4 is 0 Å². The molecule has 0 radical (unpaired) electrons. The number of aromatic nitrogens is 2. The minimum Gasteiger partial charge on any atom is -0.465 e. The molecule has 2 aromatic rings. The first kappa shape index (κ1) is 15.0. The van der Waals surface area contributed by atoms with Crippen molar-refractivity contribution in [2.24, 2.45) is 7.05 Å². The molecule has 1 aromatic heterocycles. The first-order valence-electron chi connectivity index (χ1n) is 6.05. The molecular formula is C14H15BrN2O2S. The summed E-state index contributed by atoms with van der Waals surface area (Å²) in [5.74, 6) is -0.337. The lowest BCUT2D eigenvalue weighted by Gasteiger charge is -2.08. The zero-order valence-electron chi connectivity index (χ0n) is 11.5. The van der Waals surface area contributed by atoms with E-state index in [0.29, 0.717) is 12.0 Å². The molecule has 4 nitrogen and oxygen atoms in total. The lowest BCUT2D eigenvalue weighted by molar-refractivity contribution is 0.0599. The SMILES string of the molecule is COC(=O)c1ccc(Br)cc1Cc1c(C)[nH]n(C)c1=S. The highest BCUT2D eigenvalue weighted by Crippen LogP contribution is 2.22. The number of H-pyrrole nitrogens is 1. The Morgan fingerprint density at radius 2 is 2.20 bits per heavy atom. The summed E-state index contributed by atoms with van der Waals surface area (Å²) in [6.07, 6.45) is 0.589. The molecule has 0 spiro atoms. The number of rotatable bonds is 3. The maximum atomic E-state index is 11.8. The van der Waals surface area contributed by atoms with Crippen molar-refractivity contribution < 1.29 is 9.53 Å². The smallest absolute Gasteiger partial charge is 0.338 e. The van der Waals surface area contributed by atoms with Gasteiger partial charge in [0.2, 0.25) is 0 Å². The number of aromatic amines is 1. The Labute approximate surface area is 130 Å². The van der Waals surface area contributed by atoms with Gasteiger partial charge in [-0.1, -0.05) is 28.1 Å². The molecule has 1 heterocycles. The second kappa shape index (κ2) is 5.93. The number of methoxy groups -OCH3 is 1. The van der Waals surface area contributed by atoms with Gasteiger partial charge in [0.05, 0.1) is 12.7 Å². The van der Waals surface area contributed by atoms with Crippen LogP contribution in [0.1, 0.15) is 27.2 Å². The highest BCUT2D eigenvalue weighted by Gasteiger charge is 2.15. The Kier molecular flexibility index (Phi) is 4.45. The zero-order chi connectivity index (χ0) is 14.9. The van der Waals surface area contributed by atoms with Gasteiger partial charge in [-0.3, -0.25) is 4.68 Å². The maximum Gasteiger partial charge on any atom is 0.338 e. The van der Waals surface area contributed by atoms with E-state index in [4.69, 9.17) is 17.0 Å². The number of nitrogens with one attached hydrogen (secondary N) is 1. The van der Waals surface area contributed by atoms with E-state index in [2.05, 4.69) is 21.0 Å². The van der Waals surface area contributed by atoms with Gasteiger partial charge in [-0.15, -0.1) is 0 Å². The third-order valence-corrected chi connectivity index (χ3v) is 4.20. The van der Waals surface area contributed by atoms with Crippen LogP contribution in [0.25, 0.3) is 0 Å². The maximum absolute atomic E-state index is 11.8. The molecule has 0 atom stereocenters. The molecule has 0 fully saturated rings. The number of carbonyl (C=O) groups is 1. The summed E-state index contributed by atoms with van der Waals surface area (Å²) in [4.78, 5) is 11.8. The van der Waals surface area contributed by atoms with Crippen LogP contribution in [0.15, 0.2) is 22.7 Å². The molecule has 106 valence electrons. The average molecular weight is 355 g/mol. The Balaban J connectivity index is 2.50. The normalized spacial score (nSPS) is 10.6. The van der Waals surface area contributed by atoms with Crippen LogP contribution in [-0.4, -0.2) is 22.9 Å². The lowest BCUT2D eigenvalue weighted by Crippen LogP contribution is -2.06. The molecule has 0 saturated carbocycles. The van der Waals surface area contributed by atoms with Gasteiger partial charge in [0, 0.05) is 29.2 Å². The van der Waals surface area contributed by atoms with Crippen molar-refractivity contribution in [3.05, 3.63) is 49.7 Å². The topological polar surface area (TPSA) is 47.0 Å². The fourth-order valence-corrected chi connectivity index (χ4v) is 2.83. The second-order valence-corrected chi connectivity index (χ2v) is 5.85. The number of carbonyl (C=O) groups excluding carboxylic acids is 1. The molecule has 0 amide bonds. The minimum absolute atomic E-state index is 0.337. The Hall–Kier alpha value is -1.40. The third kappa shape index (κ3) is 2.86. The molecule has 6 heteroatoms. The molecule has 20 heavy (non-hydrogen) atoms. The fraction of sp³-hybridized carbons (Fsp3) is 0.286. The number of benzene rings is 1. The lowest BCUT2D eigenvalue weighted by atomic mass is 10.0. The molecule has 0 aliphatic rings. The number of halogens is 1. The van der Waals surface area contributed by atoms with Crippen LogP contribution in [0.5, 0.6) is 0 Å². The van der Waals surface area contributed by atoms with Crippen molar-refractivity contribution in [2.75, 3.05) is 7.11 Å². The molecular weight excluding hydrogens is 340 g/mol. The second-order valence-electron chi connectivity index (χ2n) is 4.55. The number of esters is 1. The standard InChI is InChI=1S/C14H15BrN2O2S/c1-8-12(13(20)17(2)16-8)7-9-6-10(15)4-5-11(9)14(18)19-3/h4-6,16H,7H2,1-3H3. The van der Waals surface area contributed by atoms with Gasteiger partial charge in [0.1, 0.15) is 4.64 Å². The van der Waals surface area contributed by atoms with Crippen molar-refractivity contribution in [3.8, 4) is 0 Å². The van der Waals surface area contributed by atoms with Crippen LogP contribution in [0.2, 0.25) is 0 Å². The van der Waals surface area contributed by atoms with Crippen molar-refractivity contribution >= 4 is 34.1 Å². The minimum atomic E-state index is -0.337. The predicted molar refractivity (Wildman–Crippen MR) is 83.6 cm³/mol.